The fraction of sp³-hybridized carbons (Fsp3) is 0.535. The maximum atomic E-state index is 15.1. The number of aromatic nitrogens is 1. The van der Waals surface area contributed by atoms with Gasteiger partial charge in [0.2, 0.25) is 5.60 Å². The number of pyridine rings is 1. The maximum Gasteiger partial charge on any atom is 0.418 e. The average molecular weight is 831 g/mol. The summed E-state index contributed by atoms with van der Waals surface area (Å²) in [5.74, 6) is -1.27. The van der Waals surface area contributed by atoms with E-state index in [1.807, 2.05) is 0 Å². The first-order chi connectivity index (χ1) is 28.0. The summed E-state index contributed by atoms with van der Waals surface area (Å²) >= 11 is 0. The molecule has 3 aromatic rings. The molecule has 2 saturated heterocycles. The lowest BCUT2D eigenvalue weighted by Gasteiger charge is -2.51. The zero-order valence-corrected chi connectivity index (χ0v) is 32.7. The van der Waals surface area contributed by atoms with Crippen molar-refractivity contribution >= 4 is 11.8 Å². The van der Waals surface area contributed by atoms with E-state index in [0.29, 0.717) is 30.6 Å². The van der Waals surface area contributed by atoms with Crippen LogP contribution >= 0.6 is 0 Å². The molecular formula is C43H48F6N4O6. The summed E-state index contributed by atoms with van der Waals surface area (Å²) in [7, 11) is 0. The molecule has 0 unspecified atom stereocenters. The second kappa shape index (κ2) is 17.4. The molecule has 3 heterocycles. The average Bonchev–Trinajstić information content (AvgIpc) is 3.20. The summed E-state index contributed by atoms with van der Waals surface area (Å²) < 4.78 is 95.6. The zero-order chi connectivity index (χ0) is 42.6. The summed E-state index contributed by atoms with van der Waals surface area (Å²) in [6.07, 6.45) is -5.49. The lowest BCUT2D eigenvalue weighted by atomic mass is 9.65. The van der Waals surface area contributed by atoms with Gasteiger partial charge in [0.1, 0.15) is 17.2 Å². The minimum atomic E-state index is -4.91. The van der Waals surface area contributed by atoms with Crippen LogP contribution in [0.25, 0.3) is 0 Å². The molecule has 1 saturated carbocycles. The summed E-state index contributed by atoms with van der Waals surface area (Å²) in [5.41, 5.74) is -5.96. The van der Waals surface area contributed by atoms with Crippen LogP contribution in [0.15, 0.2) is 66.9 Å². The number of rotatable bonds is 13. The van der Waals surface area contributed by atoms with Crippen molar-refractivity contribution in [3.05, 3.63) is 89.2 Å². The van der Waals surface area contributed by atoms with E-state index in [2.05, 4.69) is 11.1 Å². The molecule has 1 aliphatic carbocycles. The largest absolute Gasteiger partial charge is 0.493 e. The summed E-state index contributed by atoms with van der Waals surface area (Å²) in [6, 6.07) is 14.0. The normalized spacial score (nSPS) is 21.7. The lowest BCUT2D eigenvalue weighted by molar-refractivity contribution is -0.171. The minimum absolute atomic E-state index is 0.000803. The van der Waals surface area contributed by atoms with E-state index in [0.717, 1.165) is 61.9 Å². The quantitative estimate of drug-likeness (QED) is 0.100. The summed E-state index contributed by atoms with van der Waals surface area (Å²) in [4.78, 5) is 35.7. The number of aliphatic hydroxyl groups is 2. The summed E-state index contributed by atoms with van der Waals surface area (Å²) in [5, 5.41) is 30.5. The monoisotopic (exact) mass is 830 g/mol. The van der Waals surface area contributed by atoms with Gasteiger partial charge in [-0.05, 0) is 93.8 Å². The van der Waals surface area contributed by atoms with Crippen LogP contribution in [0.3, 0.4) is 0 Å². The number of amides is 2. The first-order valence-corrected chi connectivity index (χ1v) is 20.0. The van der Waals surface area contributed by atoms with Gasteiger partial charge in [0, 0.05) is 43.2 Å². The van der Waals surface area contributed by atoms with Crippen molar-refractivity contribution in [2.75, 3.05) is 26.2 Å². The number of likely N-dealkylation sites (tertiary alicyclic amines) is 2. The predicted molar refractivity (Wildman–Crippen MR) is 202 cm³/mol. The van der Waals surface area contributed by atoms with Crippen molar-refractivity contribution in [3.63, 3.8) is 0 Å². The molecule has 0 radical (unpaired) electrons. The lowest BCUT2D eigenvalue weighted by Crippen LogP contribution is -2.68. The number of halogens is 6. The molecule has 0 bridgehead atoms. The van der Waals surface area contributed by atoms with Crippen molar-refractivity contribution in [3.8, 4) is 17.6 Å². The van der Waals surface area contributed by atoms with E-state index in [1.165, 1.54) is 9.80 Å². The third-order valence-corrected chi connectivity index (χ3v) is 12.3. The molecule has 2 aliphatic heterocycles. The van der Waals surface area contributed by atoms with E-state index in [4.69, 9.17) is 9.47 Å². The fourth-order valence-corrected chi connectivity index (χ4v) is 8.93. The second-order valence-corrected chi connectivity index (χ2v) is 15.8. The molecule has 3 aliphatic rings. The predicted octanol–water partition coefficient (Wildman–Crippen LogP) is 8.07. The highest BCUT2D eigenvalue weighted by molar-refractivity contribution is 5.96. The Morgan fingerprint density at radius 1 is 0.915 bits per heavy atom. The number of hydrogen-bond acceptors (Lipinski definition) is 8. The third kappa shape index (κ3) is 8.87. The van der Waals surface area contributed by atoms with E-state index in [1.54, 1.807) is 31.2 Å². The highest BCUT2D eigenvalue weighted by Crippen LogP contribution is 2.48. The molecule has 0 spiro atoms. The number of piperidine rings is 2. The van der Waals surface area contributed by atoms with Crippen molar-refractivity contribution in [1.29, 1.82) is 5.26 Å². The van der Waals surface area contributed by atoms with Gasteiger partial charge >= 0.3 is 12.4 Å². The fourth-order valence-electron chi connectivity index (χ4n) is 8.93. The van der Waals surface area contributed by atoms with Gasteiger partial charge in [0.25, 0.3) is 11.8 Å². The number of nitrogens with zero attached hydrogens (tertiary/aromatic N) is 4. The molecule has 6 rings (SSSR count). The Morgan fingerprint density at radius 3 is 2.20 bits per heavy atom. The maximum absolute atomic E-state index is 15.1. The first kappa shape index (κ1) is 43.7. The van der Waals surface area contributed by atoms with Gasteiger partial charge in [-0.1, -0.05) is 38.0 Å². The molecule has 59 heavy (non-hydrogen) atoms. The number of carbonyl (C=O) groups is 2. The highest BCUT2D eigenvalue weighted by atomic mass is 19.4. The Hall–Kier alpha value is -4.88. The van der Waals surface area contributed by atoms with Crippen LogP contribution in [0.5, 0.6) is 11.5 Å². The zero-order valence-electron chi connectivity index (χ0n) is 32.7. The Bertz CT molecular complexity index is 1990. The van der Waals surface area contributed by atoms with E-state index < -0.39 is 69.8 Å². The smallest absolute Gasteiger partial charge is 0.418 e. The SMILES string of the molecule is CCC[C@H]1N(C(=O)c2ncccc2C(F)(F)F)CCC[C@@]1(Oc1ccc(C(F)(F)F)cc1)C(=O)N1CCC(C#N)(c2ccccc2OCCCC2(C(O)O)CCC2)CC1. The number of nitriles is 1. The minimum Gasteiger partial charge on any atom is -0.493 e. The standard InChI is InChI=1S/C43H48F6N4O6/c1-2-9-34-41(59-30-15-13-29(14-16-30)42(44,45)46,20-7-24-53(34)36(54)35-32(43(47,48)49)11-5-23-51-35)37(55)52-25-21-40(28-50,22-26-52)31-10-3-4-12-33(31)58-27-8-19-39(38(56)57)17-6-18-39/h3-5,10-16,23,34,38,56-57H,2,6-9,17-22,24-27H2,1H3/t34-,41+/m1/s1. The number of hydrogen-bond donors (Lipinski definition) is 2. The number of benzene rings is 2. The molecule has 2 N–H and O–H groups in total. The Kier molecular flexibility index (Phi) is 12.9. The van der Waals surface area contributed by atoms with Gasteiger partial charge < -0.3 is 29.5 Å². The molecule has 2 aromatic carbocycles. The number of alkyl halides is 6. The van der Waals surface area contributed by atoms with Crippen LogP contribution in [-0.2, 0) is 22.6 Å². The number of aliphatic hydroxyl groups excluding tert-OH is 1. The molecular weight excluding hydrogens is 782 g/mol. The van der Waals surface area contributed by atoms with Crippen LogP contribution in [0.2, 0.25) is 0 Å². The second-order valence-electron chi connectivity index (χ2n) is 15.8. The molecule has 16 heteroatoms. The Labute approximate surface area is 338 Å². The van der Waals surface area contributed by atoms with Crippen molar-refractivity contribution in [2.45, 2.75) is 113 Å². The van der Waals surface area contributed by atoms with Crippen LogP contribution < -0.4 is 9.47 Å². The molecule has 3 fully saturated rings. The van der Waals surface area contributed by atoms with Gasteiger partial charge in [-0.3, -0.25) is 14.6 Å². The topological polar surface area (TPSA) is 136 Å². The van der Waals surface area contributed by atoms with Gasteiger partial charge in [-0.2, -0.15) is 31.6 Å². The number of carbonyl (C=O) groups excluding carboxylic acids is 2. The Balaban J connectivity index is 1.29. The van der Waals surface area contributed by atoms with Gasteiger partial charge in [0.05, 0.1) is 35.3 Å². The van der Waals surface area contributed by atoms with Crippen LogP contribution in [-0.4, -0.2) is 81.0 Å². The molecule has 1 aromatic heterocycles. The van der Waals surface area contributed by atoms with E-state index in [9.17, 15) is 46.6 Å². The van der Waals surface area contributed by atoms with Gasteiger partial charge in [-0.15, -0.1) is 0 Å². The van der Waals surface area contributed by atoms with Gasteiger partial charge in [0.15, 0.2) is 6.29 Å². The Morgan fingerprint density at radius 2 is 1.61 bits per heavy atom. The van der Waals surface area contributed by atoms with Crippen molar-refractivity contribution in [1.82, 2.24) is 14.8 Å². The van der Waals surface area contributed by atoms with E-state index >= 15 is 4.79 Å². The van der Waals surface area contributed by atoms with Crippen LogP contribution in [0.4, 0.5) is 26.3 Å². The molecule has 10 nitrogen and oxygen atoms in total. The third-order valence-electron chi connectivity index (χ3n) is 12.3. The first-order valence-electron chi connectivity index (χ1n) is 20.0. The van der Waals surface area contributed by atoms with E-state index in [-0.39, 0.29) is 64.1 Å². The van der Waals surface area contributed by atoms with Crippen LogP contribution in [0.1, 0.15) is 105 Å². The van der Waals surface area contributed by atoms with Crippen molar-refractivity contribution in [2.24, 2.45) is 5.41 Å². The molecule has 2 atom stereocenters. The van der Waals surface area contributed by atoms with Gasteiger partial charge in [-0.25, -0.2) is 0 Å². The molecule has 2 amide bonds. The summed E-state index contributed by atoms with van der Waals surface area (Å²) in [6.45, 7) is 2.11. The van der Waals surface area contributed by atoms with Crippen molar-refractivity contribution < 1.29 is 55.6 Å². The van der Waals surface area contributed by atoms with Crippen LogP contribution in [0, 0.1) is 16.7 Å². The number of ether oxygens (including phenoxy) is 2. The molecule has 318 valence electrons. The highest BCUT2D eigenvalue weighted by Gasteiger charge is 2.57. The number of para-hydroxylation sites is 1.